The second-order valence-corrected chi connectivity index (χ2v) is 6.85. The van der Waals surface area contributed by atoms with Crippen molar-refractivity contribution in [2.45, 2.75) is 52.0 Å². The van der Waals surface area contributed by atoms with Crippen molar-refractivity contribution < 1.29 is 14.6 Å². The van der Waals surface area contributed by atoms with E-state index in [0.29, 0.717) is 25.6 Å². The summed E-state index contributed by atoms with van der Waals surface area (Å²) in [5.41, 5.74) is 0.764. The number of rotatable bonds is 7. The zero-order valence-electron chi connectivity index (χ0n) is 12.9. The van der Waals surface area contributed by atoms with Crippen LogP contribution in [-0.2, 0) is 16.0 Å². The lowest BCUT2D eigenvalue weighted by Gasteiger charge is -2.21. The Morgan fingerprint density at radius 1 is 1.57 bits per heavy atom. The molecule has 0 spiro atoms. The Hall–Kier alpha value is -1.14. The molecule has 0 saturated carbocycles. The fourth-order valence-electron chi connectivity index (χ4n) is 2.52. The average molecular weight is 312 g/mol. The summed E-state index contributed by atoms with van der Waals surface area (Å²) in [5.74, 6) is -0.778. The van der Waals surface area contributed by atoms with Crippen molar-refractivity contribution in [1.82, 2.24) is 4.98 Å². The van der Waals surface area contributed by atoms with Crippen molar-refractivity contribution in [2.24, 2.45) is 5.92 Å². The number of anilines is 1. The van der Waals surface area contributed by atoms with Crippen LogP contribution in [-0.4, -0.2) is 35.3 Å². The number of hydrogen-bond donors (Lipinski definition) is 2. The molecule has 1 heterocycles. The molecule has 1 aromatic heterocycles. The summed E-state index contributed by atoms with van der Waals surface area (Å²) in [6.45, 7) is 7.60. The van der Waals surface area contributed by atoms with Gasteiger partial charge in [0.15, 0.2) is 5.13 Å². The summed E-state index contributed by atoms with van der Waals surface area (Å²) < 4.78 is 5.51. The van der Waals surface area contributed by atoms with E-state index in [2.05, 4.69) is 24.1 Å². The fraction of sp³-hybridized carbons (Fsp3) is 0.733. The van der Waals surface area contributed by atoms with E-state index in [4.69, 9.17) is 4.74 Å². The maximum atomic E-state index is 11.3. The predicted octanol–water partition coefficient (Wildman–Crippen LogP) is 3.12. The van der Waals surface area contributed by atoms with Crippen LogP contribution < -0.4 is 5.32 Å². The summed E-state index contributed by atoms with van der Waals surface area (Å²) in [6.07, 6.45) is 2.56. The lowest BCUT2D eigenvalue weighted by Crippen LogP contribution is -2.30. The number of thiazole rings is 1. The Morgan fingerprint density at radius 3 is 2.95 bits per heavy atom. The van der Waals surface area contributed by atoms with E-state index in [0.717, 1.165) is 28.5 Å². The molecule has 0 bridgehead atoms. The second-order valence-electron chi connectivity index (χ2n) is 5.76. The van der Waals surface area contributed by atoms with E-state index in [-0.39, 0.29) is 6.04 Å². The third-order valence-electron chi connectivity index (χ3n) is 3.87. The number of carboxylic acid groups (broad SMARTS) is 1. The minimum Gasteiger partial charge on any atom is -0.481 e. The van der Waals surface area contributed by atoms with Crippen LogP contribution in [0.1, 0.15) is 50.1 Å². The molecule has 5 nitrogen and oxygen atoms in total. The molecule has 0 saturated heterocycles. The molecule has 0 aliphatic heterocycles. The maximum absolute atomic E-state index is 11.3. The Labute approximate surface area is 129 Å². The number of nitrogens with one attached hydrogen (secondary N) is 1. The van der Waals surface area contributed by atoms with Gasteiger partial charge in [-0.25, -0.2) is 4.98 Å². The van der Waals surface area contributed by atoms with E-state index < -0.39 is 11.9 Å². The molecule has 118 valence electrons. The first-order valence-electron chi connectivity index (χ1n) is 7.59. The van der Waals surface area contributed by atoms with Crippen LogP contribution in [0.25, 0.3) is 0 Å². The summed E-state index contributed by atoms with van der Waals surface area (Å²) in [4.78, 5) is 17.0. The lowest BCUT2D eigenvalue weighted by atomic mass is 9.91. The molecule has 0 aromatic carbocycles. The minimum atomic E-state index is -0.762. The largest absolute Gasteiger partial charge is 0.481 e. The number of aryl methyl sites for hydroxylation is 1. The number of fused-ring (bicyclic) bond motifs is 1. The number of hydrogen-bond acceptors (Lipinski definition) is 5. The summed E-state index contributed by atoms with van der Waals surface area (Å²) in [6, 6.07) is 0.195. The number of nitrogens with zero attached hydrogens (tertiary/aromatic N) is 1. The quantitative estimate of drug-likeness (QED) is 0.809. The molecule has 2 atom stereocenters. The van der Waals surface area contributed by atoms with Gasteiger partial charge in [0.05, 0.1) is 18.3 Å². The Morgan fingerprint density at radius 2 is 2.33 bits per heavy atom. The molecule has 1 aliphatic carbocycles. The Bertz CT molecular complexity index is 487. The summed E-state index contributed by atoms with van der Waals surface area (Å²) in [7, 11) is 0. The smallest absolute Gasteiger partial charge is 0.312 e. The Balaban J connectivity index is 2.12. The number of aliphatic carboxylic acids is 1. The van der Waals surface area contributed by atoms with E-state index >= 15 is 0 Å². The van der Waals surface area contributed by atoms with E-state index in [9.17, 15) is 9.90 Å². The molecule has 0 radical (unpaired) electrons. The first-order valence-corrected chi connectivity index (χ1v) is 8.41. The highest BCUT2D eigenvalue weighted by Crippen LogP contribution is 2.37. The number of carboxylic acids is 1. The van der Waals surface area contributed by atoms with Gasteiger partial charge in [0, 0.05) is 11.5 Å². The highest BCUT2D eigenvalue weighted by Gasteiger charge is 2.30. The van der Waals surface area contributed by atoms with Crippen LogP contribution in [0.3, 0.4) is 0 Å². The molecule has 2 rings (SSSR count). The second kappa shape index (κ2) is 7.22. The first-order chi connectivity index (χ1) is 10.0. The zero-order chi connectivity index (χ0) is 15.4. The minimum absolute atomic E-state index is 0.195. The van der Waals surface area contributed by atoms with Crippen molar-refractivity contribution in [3.8, 4) is 0 Å². The van der Waals surface area contributed by atoms with E-state index in [1.165, 1.54) is 0 Å². The summed E-state index contributed by atoms with van der Waals surface area (Å²) in [5, 5.41) is 13.5. The number of ether oxygens (including phenoxy) is 1. The molecular formula is C15H24N2O3S. The van der Waals surface area contributed by atoms with E-state index in [1.54, 1.807) is 11.3 Å². The standard InChI is InChI=1S/C15H24N2O3S/c1-4-20-8-11(9(2)3)16-15-17-13-10(14(18)19)6-5-7-12(13)21-15/h9-11H,4-8H2,1-3H3,(H,16,17)(H,18,19). The first kappa shape index (κ1) is 16.2. The van der Waals surface area contributed by atoms with Crippen LogP contribution in [0.15, 0.2) is 0 Å². The van der Waals surface area contributed by atoms with Gasteiger partial charge < -0.3 is 15.2 Å². The Kier molecular flexibility index (Phi) is 5.58. The third-order valence-corrected chi connectivity index (χ3v) is 4.93. The van der Waals surface area contributed by atoms with Crippen molar-refractivity contribution in [3.63, 3.8) is 0 Å². The van der Waals surface area contributed by atoms with Crippen LogP contribution in [0.2, 0.25) is 0 Å². The SMILES string of the molecule is CCOCC(Nc1nc2c(s1)CCCC2C(=O)O)C(C)C. The van der Waals surface area contributed by atoms with E-state index in [1.807, 2.05) is 6.92 Å². The van der Waals surface area contributed by atoms with Crippen LogP contribution in [0.5, 0.6) is 0 Å². The summed E-state index contributed by atoms with van der Waals surface area (Å²) >= 11 is 1.59. The van der Waals surface area contributed by atoms with Gasteiger partial charge in [-0.1, -0.05) is 13.8 Å². The monoisotopic (exact) mass is 312 g/mol. The molecule has 21 heavy (non-hydrogen) atoms. The van der Waals surface area contributed by atoms with Crippen molar-refractivity contribution >= 4 is 22.4 Å². The molecular weight excluding hydrogens is 288 g/mol. The van der Waals surface area contributed by atoms with Gasteiger partial charge in [-0.2, -0.15) is 0 Å². The fourth-order valence-corrected chi connectivity index (χ4v) is 3.65. The molecule has 1 aliphatic rings. The molecule has 2 N–H and O–H groups in total. The molecule has 6 heteroatoms. The lowest BCUT2D eigenvalue weighted by molar-refractivity contribution is -0.139. The van der Waals surface area contributed by atoms with Gasteiger partial charge in [-0.15, -0.1) is 11.3 Å². The highest BCUT2D eigenvalue weighted by atomic mass is 32.1. The van der Waals surface area contributed by atoms with Crippen LogP contribution in [0.4, 0.5) is 5.13 Å². The number of aromatic nitrogens is 1. The van der Waals surface area contributed by atoms with Gasteiger partial charge >= 0.3 is 5.97 Å². The topological polar surface area (TPSA) is 71.5 Å². The normalized spacial score (nSPS) is 19.3. The van der Waals surface area contributed by atoms with Gasteiger partial charge in [0.1, 0.15) is 5.92 Å². The van der Waals surface area contributed by atoms with Gasteiger partial charge in [0.25, 0.3) is 0 Å². The molecule has 0 fully saturated rings. The van der Waals surface area contributed by atoms with Gasteiger partial charge in [0.2, 0.25) is 0 Å². The van der Waals surface area contributed by atoms with Crippen molar-refractivity contribution in [3.05, 3.63) is 10.6 Å². The van der Waals surface area contributed by atoms with Crippen molar-refractivity contribution in [2.75, 3.05) is 18.5 Å². The number of carbonyl (C=O) groups is 1. The van der Waals surface area contributed by atoms with Gasteiger partial charge in [-0.05, 0) is 32.1 Å². The highest BCUT2D eigenvalue weighted by molar-refractivity contribution is 7.15. The zero-order valence-corrected chi connectivity index (χ0v) is 13.7. The van der Waals surface area contributed by atoms with Gasteiger partial charge in [-0.3, -0.25) is 4.79 Å². The molecule has 1 aromatic rings. The average Bonchev–Trinajstić information content (AvgIpc) is 2.84. The van der Waals surface area contributed by atoms with Crippen molar-refractivity contribution in [1.29, 1.82) is 0 Å². The molecule has 0 amide bonds. The molecule has 2 unspecified atom stereocenters. The van der Waals surface area contributed by atoms with Crippen LogP contribution in [0, 0.1) is 5.92 Å². The predicted molar refractivity (Wildman–Crippen MR) is 84.2 cm³/mol. The maximum Gasteiger partial charge on any atom is 0.312 e. The van der Waals surface area contributed by atoms with Crippen LogP contribution >= 0.6 is 11.3 Å². The third kappa shape index (κ3) is 3.95.